The number of nitrogens with two attached hydrogens (primary N) is 1. The first-order valence-electron chi connectivity index (χ1n) is 6.70. The summed E-state index contributed by atoms with van der Waals surface area (Å²) < 4.78 is 10.7. The van der Waals surface area contributed by atoms with Gasteiger partial charge in [0.15, 0.2) is 0 Å². The highest BCUT2D eigenvalue weighted by atomic mass is 16.5. The van der Waals surface area contributed by atoms with Crippen LogP contribution in [0.25, 0.3) is 10.9 Å². The van der Waals surface area contributed by atoms with Crippen LogP contribution in [0.4, 0.5) is 17.2 Å². The molecule has 112 valence electrons. The second-order valence-electron chi connectivity index (χ2n) is 4.69. The third-order valence-electron chi connectivity index (χ3n) is 3.30. The molecule has 0 saturated heterocycles. The number of ether oxygens (including phenoxy) is 2. The SMILES string of the molecule is COc1cc(OC)c2c(Nc3ccc(N)cc3)ncnc2c1. The topological polar surface area (TPSA) is 82.3 Å². The Labute approximate surface area is 127 Å². The van der Waals surface area contributed by atoms with Crippen molar-refractivity contribution in [1.29, 1.82) is 0 Å². The number of methoxy groups -OCH3 is 2. The minimum Gasteiger partial charge on any atom is -0.497 e. The van der Waals surface area contributed by atoms with E-state index in [1.54, 1.807) is 20.3 Å². The molecule has 0 radical (unpaired) electrons. The van der Waals surface area contributed by atoms with E-state index in [1.807, 2.05) is 30.3 Å². The summed E-state index contributed by atoms with van der Waals surface area (Å²) in [6.45, 7) is 0. The number of nitrogen functional groups attached to an aromatic ring is 1. The average molecular weight is 296 g/mol. The van der Waals surface area contributed by atoms with Gasteiger partial charge in [0.25, 0.3) is 0 Å². The molecule has 1 aromatic heterocycles. The van der Waals surface area contributed by atoms with E-state index < -0.39 is 0 Å². The number of hydrogen-bond donors (Lipinski definition) is 2. The van der Waals surface area contributed by atoms with Crippen LogP contribution < -0.4 is 20.5 Å². The van der Waals surface area contributed by atoms with Crippen molar-refractivity contribution in [2.75, 3.05) is 25.3 Å². The largest absolute Gasteiger partial charge is 0.497 e. The predicted octanol–water partition coefficient (Wildman–Crippen LogP) is 2.97. The van der Waals surface area contributed by atoms with Crippen molar-refractivity contribution in [3.05, 3.63) is 42.7 Å². The van der Waals surface area contributed by atoms with Gasteiger partial charge in [0.1, 0.15) is 23.6 Å². The Balaban J connectivity index is 2.11. The summed E-state index contributed by atoms with van der Waals surface area (Å²) in [5.74, 6) is 1.99. The van der Waals surface area contributed by atoms with E-state index in [4.69, 9.17) is 15.2 Å². The molecule has 6 nitrogen and oxygen atoms in total. The molecule has 0 aliphatic heterocycles. The highest BCUT2D eigenvalue weighted by molar-refractivity contribution is 5.96. The number of aromatic nitrogens is 2. The summed E-state index contributed by atoms with van der Waals surface area (Å²) in [6.07, 6.45) is 1.50. The van der Waals surface area contributed by atoms with Crippen LogP contribution in [0.1, 0.15) is 0 Å². The van der Waals surface area contributed by atoms with Gasteiger partial charge in [-0.25, -0.2) is 9.97 Å². The zero-order chi connectivity index (χ0) is 15.5. The molecule has 6 heteroatoms. The minimum atomic E-state index is 0.646. The molecule has 3 rings (SSSR count). The lowest BCUT2D eigenvalue weighted by molar-refractivity contribution is 0.398. The molecule has 0 aliphatic rings. The van der Waals surface area contributed by atoms with E-state index >= 15 is 0 Å². The van der Waals surface area contributed by atoms with Gasteiger partial charge in [-0.2, -0.15) is 0 Å². The lowest BCUT2D eigenvalue weighted by atomic mass is 10.2. The average Bonchev–Trinajstić information content (AvgIpc) is 2.56. The van der Waals surface area contributed by atoms with Crippen molar-refractivity contribution < 1.29 is 9.47 Å². The quantitative estimate of drug-likeness (QED) is 0.720. The zero-order valence-electron chi connectivity index (χ0n) is 12.3. The molecule has 3 N–H and O–H groups in total. The van der Waals surface area contributed by atoms with Gasteiger partial charge in [-0.15, -0.1) is 0 Å². The van der Waals surface area contributed by atoms with Gasteiger partial charge >= 0.3 is 0 Å². The third-order valence-corrected chi connectivity index (χ3v) is 3.30. The van der Waals surface area contributed by atoms with Crippen molar-refractivity contribution in [3.8, 4) is 11.5 Å². The molecular weight excluding hydrogens is 280 g/mol. The Morgan fingerprint density at radius 2 is 1.77 bits per heavy atom. The van der Waals surface area contributed by atoms with Crippen molar-refractivity contribution in [1.82, 2.24) is 9.97 Å². The molecule has 0 bridgehead atoms. The fourth-order valence-corrected chi connectivity index (χ4v) is 2.21. The van der Waals surface area contributed by atoms with E-state index in [2.05, 4.69) is 15.3 Å². The Morgan fingerprint density at radius 1 is 1.00 bits per heavy atom. The first-order chi connectivity index (χ1) is 10.7. The summed E-state index contributed by atoms with van der Waals surface area (Å²) >= 11 is 0. The highest BCUT2D eigenvalue weighted by Gasteiger charge is 2.12. The molecule has 0 fully saturated rings. The van der Waals surface area contributed by atoms with Crippen LogP contribution in [-0.2, 0) is 0 Å². The van der Waals surface area contributed by atoms with E-state index in [9.17, 15) is 0 Å². The summed E-state index contributed by atoms with van der Waals surface area (Å²) in [6, 6.07) is 11.1. The molecule has 0 amide bonds. The third kappa shape index (κ3) is 2.58. The summed E-state index contributed by atoms with van der Waals surface area (Å²) in [4.78, 5) is 8.60. The second-order valence-corrected chi connectivity index (χ2v) is 4.69. The highest BCUT2D eigenvalue weighted by Crippen LogP contribution is 2.35. The number of nitrogens with zero attached hydrogens (tertiary/aromatic N) is 2. The Morgan fingerprint density at radius 3 is 2.45 bits per heavy atom. The normalized spacial score (nSPS) is 10.5. The van der Waals surface area contributed by atoms with E-state index in [-0.39, 0.29) is 0 Å². The van der Waals surface area contributed by atoms with Crippen LogP contribution >= 0.6 is 0 Å². The molecular formula is C16H16N4O2. The Bertz CT molecular complexity index is 803. The van der Waals surface area contributed by atoms with Crippen LogP contribution in [0, 0.1) is 0 Å². The molecule has 0 aliphatic carbocycles. The van der Waals surface area contributed by atoms with Crippen molar-refractivity contribution in [2.45, 2.75) is 0 Å². The van der Waals surface area contributed by atoms with E-state index in [0.717, 1.165) is 16.6 Å². The standard InChI is InChI=1S/C16H16N4O2/c1-21-12-7-13-15(14(8-12)22-2)16(19-9-18-13)20-11-5-3-10(17)4-6-11/h3-9H,17H2,1-2H3,(H,18,19,20). The first-order valence-corrected chi connectivity index (χ1v) is 6.70. The van der Waals surface area contributed by atoms with Gasteiger partial charge < -0.3 is 20.5 Å². The minimum absolute atomic E-state index is 0.646. The molecule has 1 heterocycles. The van der Waals surface area contributed by atoms with Gasteiger partial charge in [-0.05, 0) is 24.3 Å². The number of anilines is 3. The molecule has 0 spiro atoms. The number of hydrogen-bond acceptors (Lipinski definition) is 6. The molecule has 2 aromatic carbocycles. The van der Waals surface area contributed by atoms with E-state index in [1.165, 1.54) is 6.33 Å². The van der Waals surface area contributed by atoms with Gasteiger partial charge in [-0.3, -0.25) is 0 Å². The van der Waals surface area contributed by atoms with Crippen molar-refractivity contribution >= 4 is 28.1 Å². The van der Waals surface area contributed by atoms with Crippen molar-refractivity contribution in [2.24, 2.45) is 0 Å². The summed E-state index contributed by atoms with van der Waals surface area (Å²) in [5.41, 5.74) is 8.03. The predicted molar refractivity (Wildman–Crippen MR) is 86.8 cm³/mol. The van der Waals surface area contributed by atoms with Gasteiger partial charge in [-0.1, -0.05) is 0 Å². The monoisotopic (exact) mass is 296 g/mol. The lowest BCUT2D eigenvalue weighted by Crippen LogP contribution is -1.99. The van der Waals surface area contributed by atoms with E-state index in [0.29, 0.717) is 23.0 Å². The fraction of sp³-hybridized carbons (Fsp3) is 0.125. The second kappa shape index (κ2) is 5.77. The zero-order valence-corrected chi connectivity index (χ0v) is 12.3. The van der Waals surface area contributed by atoms with Gasteiger partial charge in [0, 0.05) is 23.5 Å². The maximum Gasteiger partial charge on any atom is 0.145 e. The lowest BCUT2D eigenvalue weighted by Gasteiger charge is -2.12. The Kier molecular flexibility index (Phi) is 3.65. The maximum atomic E-state index is 5.70. The number of fused-ring (bicyclic) bond motifs is 1. The maximum absolute atomic E-state index is 5.70. The van der Waals surface area contributed by atoms with Crippen LogP contribution in [0.5, 0.6) is 11.5 Å². The first kappa shape index (κ1) is 13.9. The van der Waals surface area contributed by atoms with Crippen molar-refractivity contribution in [3.63, 3.8) is 0 Å². The molecule has 22 heavy (non-hydrogen) atoms. The fourth-order valence-electron chi connectivity index (χ4n) is 2.21. The summed E-state index contributed by atoms with van der Waals surface area (Å²) in [7, 11) is 3.21. The van der Waals surface area contributed by atoms with Crippen LogP contribution in [0.2, 0.25) is 0 Å². The number of benzene rings is 2. The number of nitrogens with one attached hydrogen (secondary N) is 1. The van der Waals surface area contributed by atoms with Crippen LogP contribution in [-0.4, -0.2) is 24.2 Å². The molecule has 0 saturated carbocycles. The summed E-state index contributed by atoms with van der Waals surface area (Å²) in [5, 5.41) is 4.05. The van der Waals surface area contributed by atoms with Gasteiger partial charge in [0.2, 0.25) is 0 Å². The smallest absolute Gasteiger partial charge is 0.145 e. The molecule has 0 atom stereocenters. The molecule has 3 aromatic rings. The van der Waals surface area contributed by atoms with Crippen LogP contribution in [0.3, 0.4) is 0 Å². The van der Waals surface area contributed by atoms with Crippen LogP contribution in [0.15, 0.2) is 42.7 Å². The Hall–Kier alpha value is -3.02. The number of rotatable bonds is 4. The molecule has 0 unspecified atom stereocenters. The van der Waals surface area contributed by atoms with Gasteiger partial charge in [0.05, 0.1) is 25.1 Å².